The molecule has 0 aliphatic rings. The summed E-state index contributed by atoms with van der Waals surface area (Å²) < 4.78 is 31.6. The minimum absolute atomic E-state index is 0. The van der Waals surface area contributed by atoms with Crippen LogP contribution in [0.1, 0.15) is 0 Å². The molecule has 0 atom stereocenters. The predicted octanol–water partition coefficient (Wildman–Crippen LogP) is 1.14. The van der Waals surface area contributed by atoms with E-state index in [2.05, 4.69) is 0 Å². The van der Waals surface area contributed by atoms with Crippen LogP contribution in [0.4, 0.5) is 0 Å². The fraction of sp³-hybridized carbons (Fsp3) is 0. The third kappa shape index (κ3) is 234. The van der Waals surface area contributed by atoms with E-state index in [-0.39, 0.29) is 49.0 Å². The first-order valence-electron chi connectivity index (χ1n) is 0.950. The number of hydrogen-bond donors (Lipinski definition) is 2. The molecule has 2 N–H and O–H groups in total. The van der Waals surface area contributed by atoms with E-state index in [1.165, 1.54) is 0 Å². The molecule has 0 bridgehead atoms. The molecule has 0 aliphatic carbocycles. The maximum atomic E-state index is 8.74. The van der Waals surface area contributed by atoms with E-state index >= 15 is 0 Å². The Balaban J connectivity index is -0.0000000183. The van der Waals surface area contributed by atoms with E-state index in [0.717, 1.165) is 0 Å². The molecule has 0 aromatic carbocycles. The van der Waals surface area contributed by atoms with Gasteiger partial charge in [-0.2, -0.15) is 8.42 Å². The van der Waals surface area contributed by atoms with E-state index in [9.17, 15) is 0 Å². The van der Waals surface area contributed by atoms with Gasteiger partial charge in [-0.1, -0.05) is 0 Å². The van der Waals surface area contributed by atoms with Crippen LogP contribution in [0.3, 0.4) is 0 Å². The van der Waals surface area contributed by atoms with Crippen LogP contribution in [0.15, 0.2) is 0 Å². The van der Waals surface area contributed by atoms with Crippen molar-refractivity contribution in [1.29, 1.82) is 0 Å². The first-order chi connectivity index (χ1) is 3.41. The summed E-state index contributed by atoms with van der Waals surface area (Å²) in [5.41, 5.74) is 0. The van der Waals surface area contributed by atoms with Crippen LogP contribution in [0, 0.1) is 0 Å². The molecule has 4 nitrogen and oxygen atoms in total. The zero-order valence-corrected chi connectivity index (χ0v) is 13.0. The van der Waals surface area contributed by atoms with Crippen molar-refractivity contribution in [3.8, 4) is 0 Å². The Hall–Kier alpha value is 2.39. The molecule has 0 saturated carbocycles. The molecule has 0 fully saturated rings. The largest absolute Gasteiger partial charge is 0 e. The number of rotatable bonds is 0. The van der Waals surface area contributed by atoms with Crippen LogP contribution in [0.5, 0.6) is 0 Å². The summed E-state index contributed by atoms with van der Waals surface area (Å²) in [5.74, 6) is 0. The van der Waals surface area contributed by atoms with Gasteiger partial charge >= 0.3 is 43.6 Å². The monoisotopic (exact) mass is 382 g/mol. The molecule has 0 saturated heterocycles. The van der Waals surface area contributed by atoms with Crippen molar-refractivity contribution < 1.29 is 67.0 Å². The maximum Gasteiger partial charge on any atom is 0 e. The molecule has 1 radical (unpaired) electrons. The molecule has 0 unspecified atom stereocenters. The normalized spacial score (nSPS) is 7.27. The van der Waals surface area contributed by atoms with Crippen LogP contribution in [0.2, 0.25) is 0 Å². The smallest absolute Gasteiger partial charge is 0 e. The SMILES string of the molecule is Cl.O=S(=O)(O)O.[Cl][Co][Cl].[Mn].[Zn]. The minimum atomic E-state index is -4.67. The van der Waals surface area contributed by atoms with Crippen molar-refractivity contribution in [1.82, 2.24) is 0 Å². The van der Waals surface area contributed by atoms with Crippen molar-refractivity contribution in [2.24, 2.45) is 0 Å². The Kier molecular flexibility index (Phi) is 48.4. The van der Waals surface area contributed by atoms with E-state index in [1.807, 2.05) is 0 Å². The third-order valence-electron chi connectivity index (χ3n) is 0. The van der Waals surface area contributed by atoms with Gasteiger partial charge in [0.1, 0.15) is 0 Å². The van der Waals surface area contributed by atoms with E-state index in [1.54, 1.807) is 0 Å². The van der Waals surface area contributed by atoms with Gasteiger partial charge in [0, 0.05) is 36.5 Å². The Labute approximate surface area is 109 Å². The van der Waals surface area contributed by atoms with Crippen molar-refractivity contribution >= 4 is 43.1 Å². The number of hydrogen-bond acceptors (Lipinski definition) is 2. The van der Waals surface area contributed by atoms with E-state index in [0.29, 0.717) is 12.9 Å². The van der Waals surface area contributed by atoms with Crippen molar-refractivity contribution in [3.63, 3.8) is 0 Å². The van der Waals surface area contributed by atoms with Crippen molar-refractivity contribution in [2.75, 3.05) is 0 Å². The van der Waals surface area contributed by atoms with Crippen LogP contribution in [0.25, 0.3) is 0 Å². The number of halogens is 3. The van der Waals surface area contributed by atoms with E-state index in [4.69, 9.17) is 37.8 Å². The second-order valence-electron chi connectivity index (χ2n) is 0.495. The molecular weight excluding hydrogens is 382 g/mol. The zero-order chi connectivity index (χ0) is 7.21. The molecule has 11 heteroatoms. The second-order valence-corrected chi connectivity index (χ2v) is 3.11. The molecule has 11 heavy (non-hydrogen) atoms. The van der Waals surface area contributed by atoms with Crippen LogP contribution >= 0.6 is 32.7 Å². The quantitative estimate of drug-likeness (QED) is 0.485. The van der Waals surface area contributed by atoms with E-state index < -0.39 is 10.4 Å². The average molecular weight is 385 g/mol. The third-order valence-corrected chi connectivity index (χ3v) is 0. The fourth-order valence-corrected chi connectivity index (χ4v) is 0. The first-order valence-corrected chi connectivity index (χ1v) is 5.21. The Morgan fingerprint density at radius 2 is 1.18 bits per heavy atom. The van der Waals surface area contributed by atoms with Gasteiger partial charge in [0.2, 0.25) is 0 Å². The van der Waals surface area contributed by atoms with Crippen LogP contribution in [-0.4, -0.2) is 17.5 Å². The molecule has 0 aromatic heterocycles. The summed E-state index contributed by atoms with van der Waals surface area (Å²) in [5, 5.41) is 0. The van der Waals surface area contributed by atoms with Gasteiger partial charge in [-0.15, -0.1) is 12.4 Å². The summed E-state index contributed by atoms with van der Waals surface area (Å²) in [7, 11) is 4.80. The van der Waals surface area contributed by atoms with Gasteiger partial charge in [-0.05, 0) is 0 Å². The Morgan fingerprint density at radius 1 is 1.18 bits per heavy atom. The molecule has 0 aromatic rings. The molecule has 0 aliphatic heterocycles. The molecule has 0 spiro atoms. The van der Waals surface area contributed by atoms with Gasteiger partial charge in [-0.25, -0.2) is 0 Å². The second kappa shape index (κ2) is 18.2. The van der Waals surface area contributed by atoms with Crippen LogP contribution in [-0.2, 0) is 59.8 Å². The summed E-state index contributed by atoms with van der Waals surface area (Å²) in [6, 6.07) is 0. The van der Waals surface area contributed by atoms with Gasteiger partial charge in [0.15, 0.2) is 0 Å². The van der Waals surface area contributed by atoms with Crippen LogP contribution < -0.4 is 0 Å². The first kappa shape index (κ1) is 29.2. The zero-order valence-electron chi connectivity index (χ0n) is 4.70. The average Bonchev–Trinajstić information content (AvgIpc) is 1.27. The predicted molar refractivity (Wildman–Crippen MR) is 33.1 cm³/mol. The molecule has 0 amide bonds. The van der Waals surface area contributed by atoms with Gasteiger partial charge in [0.05, 0.1) is 0 Å². The fourth-order valence-electron chi connectivity index (χ4n) is 0. The summed E-state index contributed by atoms with van der Waals surface area (Å²) >= 11 is 0.382. The molecule has 0 heterocycles. The molecule has 72 valence electrons. The Bertz CT molecular complexity index is 119. The molecule has 0 rings (SSSR count). The maximum absolute atomic E-state index is 8.74. The standard InChI is InChI=1S/3ClH.Co.Mn.H2O4S.Zn/c;;;;;1-5(2,3)4;/h3*1H;;;(H2,1,2,3,4);/q;;;+2;;;/p-2. The van der Waals surface area contributed by atoms with Gasteiger partial charge < -0.3 is 0 Å². The molecular formula is H3Cl3CoMnO4SZn. The topological polar surface area (TPSA) is 74.6 Å². The van der Waals surface area contributed by atoms with Gasteiger partial charge in [0.25, 0.3) is 0 Å². The van der Waals surface area contributed by atoms with Crippen molar-refractivity contribution in [3.05, 3.63) is 0 Å². The van der Waals surface area contributed by atoms with Gasteiger partial charge in [-0.3, -0.25) is 9.11 Å². The summed E-state index contributed by atoms with van der Waals surface area (Å²) in [6.07, 6.45) is 0. The Morgan fingerprint density at radius 3 is 1.18 bits per heavy atom. The van der Waals surface area contributed by atoms with Crippen molar-refractivity contribution in [2.45, 2.75) is 0 Å². The summed E-state index contributed by atoms with van der Waals surface area (Å²) in [4.78, 5) is 0. The summed E-state index contributed by atoms with van der Waals surface area (Å²) in [6.45, 7) is 0. The minimum Gasteiger partial charge on any atom is 0 e.